The van der Waals surface area contributed by atoms with Crippen LogP contribution in [-0.2, 0) is 26.8 Å². The van der Waals surface area contributed by atoms with Crippen molar-refractivity contribution in [3.05, 3.63) is 99.5 Å². The van der Waals surface area contributed by atoms with E-state index in [0.29, 0.717) is 29.6 Å². The maximum absolute atomic E-state index is 13.7. The maximum Gasteiger partial charge on any atom is 0.232 e. The summed E-state index contributed by atoms with van der Waals surface area (Å²) in [6.45, 7) is 3.72. The Morgan fingerprint density at radius 2 is 1.66 bits per heavy atom. The van der Waals surface area contributed by atoms with Gasteiger partial charge in [-0.05, 0) is 80.2 Å². The smallest absolute Gasteiger partial charge is 0.232 e. The fourth-order valence-corrected chi connectivity index (χ4v) is 7.70. The number of hydrogen-bond acceptors (Lipinski definition) is 4. The van der Waals surface area contributed by atoms with E-state index in [2.05, 4.69) is 11.0 Å². The van der Waals surface area contributed by atoms with Crippen LogP contribution in [0, 0.1) is 0 Å². The van der Waals surface area contributed by atoms with Gasteiger partial charge in [0.1, 0.15) is 0 Å². The van der Waals surface area contributed by atoms with Crippen molar-refractivity contribution in [3.63, 3.8) is 0 Å². The molecule has 1 unspecified atom stereocenters. The quantitative estimate of drug-likeness (QED) is 0.283. The van der Waals surface area contributed by atoms with Crippen molar-refractivity contribution in [1.82, 2.24) is 9.80 Å². The van der Waals surface area contributed by atoms with Crippen LogP contribution < -0.4 is 4.31 Å². The summed E-state index contributed by atoms with van der Waals surface area (Å²) in [6, 6.07) is 23.4. The first-order chi connectivity index (χ1) is 19.6. The zero-order valence-electron chi connectivity index (χ0n) is 23.6. The largest absolute Gasteiger partial charge is 0.341 e. The molecule has 3 aromatic carbocycles. The minimum absolute atomic E-state index is 0.0632. The van der Waals surface area contributed by atoms with Crippen molar-refractivity contribution < 1.29 is 13.2 Å². The first kappa shape index (κ1) is 29.9. The number of amides is 1. The van der Waals surface area contributed by atoms with Gasteiger partial charge in [-0.1, -0.05) is 77.8 Å². The summed E-state index contributed by atoms with van der Waals surface area (Å²) >= 11 is 12.5. The highest BCUT2D eigenvalue weighted by molar-refractivity contribution is 7.92. The van der Waals surface area contributed by atoms with Crippen molar-refractivity contribution in [1.29, 1.82) is 0 Å². The van der Waals surface area contributed by atoms with Gasteiger partial charge in [-0.25, -0.2) is 8.42 Å². The third-order valence-electron chi connectivity index (χ3n) is 8.65. The van der Waals surface area contributed by atoms with Crippen LogP contribution in [-0.4, -0.2) is 63.6 Å². The van der Waals surface area contributed by atoms with Gasteiger partial charge < -0.3 is 9.80 Å². The lowest BCUT2D eigenvalue weighted by Gasteiger charge is -2.40. The van der Waals surface area contributed by atoms with Gasteiger partial charge in [-0.2, -0.15) is 0 Å². The Morgan fingerprint density at radius 1 is 0.976 bits per heavy atom. The zero-order chi connectivity index (χ0) is 29.2. The van der Waals surface area contributed by atoms with E-state index < -0.39 is 10.0 Å². The van der Waals surface area contributed by atoms with Crippen LogP contribution in [0.2, 0.25) is 10.0 Å². The Kier molecular flexibility index (Phi) is 9.00. The Morgan fingerprint density at radius 3 is 2.34 bits per heavy atom. The lowest BCUT2D eigenvalue weighted by atomic mass is 9.74. The van der Waals surface area contributed by atoms with E-state index in [1.807, 2.05) is 67.7 Å². The number of halogens is 2. The number of hydrogen-bond donors (Lipinski definition) is 0. The topological polar surface area (TPSA) is 60.9 Å². The standard InChI is InChI=1S/C32H37Cl2N3O3S/c1-35(22-24-9-4-3-5-10-24)31(38)26(25-14-15-28(33)29(34)21-25)11-8-18-36-19-16-32(17-20-36)23-37(41(2,39)40)30-13-7-6-12-27(30)32/h3-7,9-10,12-15,21,26H,8,11,16-20,22-23H2,1-2H3. The SMILES string of the molecule is CN(Cc1ccccc1)C(=O)C(CCCN1CCC2(CC1)CN(S(C)(=O)=O)c1ccccc12)c1ccc(Cl)c(Cl)c1. The fourth-order valence-electron chi connectivity index (χ4n) is 6.39. The molecule has 3 aromatic rings. The van der Waals surface area contributed by atoms with Gasteiger partial charge in [0.25, 0.3) is 0 Å². The number of likely N-dealkylation sites (tertiary alicyclic amines) is 1. The Hall–Kier alpha value is -2.58. The van der Waals surface area contributed by atoms with Crippen molar-refractivity contribution in [3.8, 4) is 0 Å². The Bertz CT molecular complexity index is 1490. The molecular weight excluding hydrogens is 577 g/mol. The summed E-state index contributed by atoms with van der Waals surface area (Å²) in [5, 5.41) is 0.929. The molecule has 2 aliphatic rings. The molecule has 0 N–H and O–H groups in total. The van der Waals surface area contributed by atoms with Crippen LogP contribution in [0.25, 0.3) is 0 Å². The van der Waals surface area contributed by atoms with Crippen LogP contribution in [0.1, 0.15) is 48.3 Å². The minimum Gasteiger partial charge on any atom is -0.341 e. The number of likely N-dealkylation sites (N-methyl/N-ethyl adjacent to an activating group) is 1. The second-order valence-electron chi connectivity index (χ2n) is 11.5. The fraction of sp³-hybridized carbons (Fsp3) is 0.406. The van der Waals surface area contributed by atoms with Gasteiger partial charge >= 0.3 is 0 Å². The molecule has 1 amide bonds. The molecule has 218 valence electrons. The van der Waals surface area contributed by atoms with Gasteiger partial charge in [0.15, 0.2) is 0 Å². The van der Waals surface area contributed by atoms with Crippen molar-refractivity contribution in [2.45, 2.75) is 43.6 Å². The molecule has 0 aromatic heterocycles. The summed E-state index contributed by atoms with van der Waals surface area (Å²) in [6.07, 6.45) is 4.66. The number of para-hydroxylation sites is 1. The number of anilines is 1. The Balaban J connectivity index is 1.23. The van der Waals surface area contributed by atoms with Gasteiger partial charge in [0.05, 0.1) is 27.9 Å². The summed E-state index contributed by atoms with van der Waals surface area (Å²) < 4.78 is 26.6. The number of nitrogens with zero attached hydrogens (tertiary/aromatic N) is 3. The molecule has 0 bridgehead atoms. The van der Waals surface area contributed by atoms with E-state index in [1.54, 1.807) is 15.3 Å². The van der Waals surface area contributed by atoms with E-state index in [1.165, 1.54) is 6.26 Å². The van der Waals surface area contributed by atoms with Gasteiger partial charge in [-0.3, -0.25) is 9.10 Å². The summed E-state index contributed by atoms with van der Waals surface area (Å²) in [7, 11) is -1.48. The highest BCUT2D eigenvalue weighted by Crippen LogP contribution is 2.47. The molecule has 0 saturated carbocycles. The number of carbonyl (C=O) groups excluding carboxylic acids is 1. The van der Waals surface area contributed by atoms with Crippen molar-refractivity contribution in [2.75, 3.05) is 43.8 Å². The van der Waals surface area contributed by atoms with Crippen molar-refractivity contribution in [2.24, 2.45) is 0 Å². The van der Waals surface area contributed by atoms with E-state index in [4.69, 9.17) is 23.2 Å². The third-order valence-corrected chi connectivity index (χ3v) is 10.5. The minimum atomic E-state index is -3.33. The van der Waals surface area contributed by atoms with E-state index in [0.717, 1.165) is 61.3 Å². The Labute approximate surface area is 253 Å². The van der Waals surface area contributed by atoms with E-state index in [9.17, 15) is 13.2 Å². The number of carbonyl (C=O) groups is 1. The van der Waals surface area contributed by atoms with Crippen LogP contribution in [0.3, 0.4) is 0 Å². The molecule has 1 spiro atoms. The number of fused-ring (bicyclic) bond motifs is 2. The van der Waals surface area contributed by atoms with Crippen LogP contribution >= 0.6 is 23.2 Å². The summed E-state index contributed by atoms with van der Waals surface area (Å²) in [4.78, 5) is 17.9. The van der Waals surface area contributed by atoms with Gasteiger partial charge in [-0.15, -0.1) is 0 Å². The second kappa shape index (κ2) is 12.3. The molecule has 0 aliphatic carbocycles. The molecule has 1 atom stereocenters. The highest BCUT2D eigenvalue weighted by atomic mass is 35.5. The van der Waals surface area contributed by atoms with Crippen LogP contribution in [0.4, 0.5) is 5.69 Å². The molecule has 2 aliphatic heterocycles. The first-order valence-corrected chi connectivity index (χ1v) is 16.7. The molecule has 0 radical (unpaired) electrons. The summed E-state index contributed by atoms with van der Waals surface area (Å²) in [5.41, 5.74) is 3.80. The highest BCUT2D eigenvalue weighted by Gasteiger charge is 2.46. The predicted octanol–water partition coefficient (Wildman–Crippen LogP) is 6.33. The molecular formula is C32H37Cl2N3O3S. The van der Waals surface area contributed by atoms with E-state index in [-0.39, 0.29) is 17.2 Å². The number of benzene rings is 3. The lowest BCUT2D eigenvalue weighted by Crippen LogP contribution is -2.46. The average Bonchev–Trinajstić information content (AvgIpc) is 3.28. The average molecular weight is 615 g/mol. The van der Waals surface area contributed by atoms with Gasteiger partial charge in [0, 0.05) is 25.6 Å². The number of sulfonamides is 1. The normalized spacial score (nSPS) is 17.4. The van der Waals surface area contributed by atoms with Crippen molar-refractivity contribution >= 4 is 44.8 Å². The molecule has 1 saturated heterocycles. The van der Waals surface area contributed by atoms with E-state index >= 15 is 0 Å². The maximum atomic E-state index is 13.7. The zero-order valence-corrected chi connectivity index (χ0v) is 25.9. The van der Waals surface area contributed by atoms with Gasteiger partial charge in [0.2, 0.25) is 15.9 Å². The molecule has 9 heteroatoms. The predicted molar refractivity (Wildman–Crippen MR) is 167 cm³/mol. The number of piperidine rings is 1. The summed E-state index contributed by atoms with van der Waals surface area (Å²) in [5.74, 6) is -0.257. The molecule has 1 fully saturated rings. The van der Waals surface area contributed by atoms with Crippen LogP contribution in [0.15, 0.2) is 72.8 Å². The third kappa shape index (κ3) is 6.59. The second-order valence-corrected chi connectivity index (χ2v) is 14.2. The monoisotopic (exact) mass is 613 g/mol. The molecule has 2 heterocycles. The lowest BCUT2D eigenvalue weighted by molar-refractivity contribution is -0.132. The molecule has 6 nitrogen and oxygen atoms in total. The van der Waals surface area contributed by atoms with Crippen LogP contribution in [0.5, 0.6) is 0 Å². The molecule has 5 rings (SSSR count). The first-order valence-electron chi connectivity index (χ1n) is 14.1. The molecule has 41 heavy (non-hydrogen) atoms. The number of rotatable bonds is 9.